The lowest BCUT2D eigenvalue weighted by atomic mass is 10.2. The Balaban J connectivity index is 1.29. The van der Waals surface area contributed by atoms with Crippen LogP contribution in [-0.2, 0) is 19.0 Å². The summed E-state index contributed by atoms with van der Waals surface area (Å²) in [6.45, 7) is 0.324. The van der Waals surface area contributed by atoms with E-state index in [-0.39, 0.29) is 62.8 Å². The van der Waals surface area contributed by atoms with E-state index in [0.717, 1.165) is 0 Å². The number of carbonyl (C=O) groups is 3. The number of anilines is 2. The van der Waals surface area contributed by atoms with Gasteiger partial charge in [-0.05, 0) is 79.1 Å². The number of esters is 3. The number of nitrogens with two attached hydrogens (primary N) is 2. The number of rotatable bonds is 16. The fourth-order valence-electron chi connectivity index (χ4n) is 3.70. The van der Waals surface area contributed by atoms with Gasteiger partial charge in [-0.15, -0.1) is 0 Å². The zero-order chi connectivity index (χ0) is 32.7. The van der Waals surface area contributed by atoms with E-state index in [2.05, 4.69) is 0 Å². The number of hydrogen-bond donors (Lipinski definition) is 2. The van der Waals surface area contributed by atoms with Crippen molar-refractivity contribution in [2.75, 3.05) is 44.5 Å². The van der Waals surface area contributed by atoms with Gasteiger partial charge in [0, 0.05) is 23.9 Å². The SMILES string of the molecule is Nc1cc(N)cc(C(=O)OCCOCCOC(=O)C=Cc2ccc(OC(=O)c3ccc(OCCCCC(F)(F)F)cc3)cc2)c1. The van der Waals surface area contributed by atoms with Gasteiger partial charge in [-0.1, -0.05) is 12.1 Å². The van der Waals surface area contributed by atoms with Crippen molar-refractivity contribution in [3.8, 4) is 11.5 Å². The van der Waals surface area contributed by atoms with Crippen LogP contribution in [0.25, 0.3) is 6.08 Å². The molecule has 0 atom stereocenters. The second-order valence-electron chi connectivity index (χ2n) is 9.54. The maximum atomic E-state index is 12.4. The number of unbranched alkanes of at least 4 members (excludes halogenated alkanes) is 1. The number of carbonyl (C=O) groups excluding carboxylic acids is 3. The molecule has 45 heavy (non-hydrogen) atoms. The first kappa shape index (κ1) is 34.5. The van der Waals surface area contributed by atoms with Crippen LogP contribution in [0.5, 0.6) is 11.5 Å². The van der Waals surface area contributed by atoms with Crippen molar-refractivity contribution in [2.24, 2.45) is 0 Å². The Hall–Kier alpha value is -5.04. The largest absolute Gasteiger partial charge is 0.494 e. The maximum absolute atomic E-state index is 12.4. The molecule has 0 radical (unpaired) electrons. The van der Waals surface area contributed by atoms with Crippen molar-refractivity contribution in [1.29, 1.82) is 0 Å². The third-order valence-electron chi connectivity index (χ3n) is 5.86. The molecule has 3 rings (SSSR count). The molecule has 0 unspecified atom stereocenters. The second-order valence-corrected chi connectivity index (χ2v) is 9.54. The fraction of sp³-hybridized carbons (Fsp3) is 0.281. The minimum Gasteiger partial charge on any atom is -0.494 e. The van der Waals surface area contributed by atoms with E-state index in [1.165, 1.54) is 54.6 Å². The molecule has 0 bridgehead atoms. The summed E-state index contributed by atoms with van der Waals surface area (Å²) in [4.78, 5) is 36.4. The van der Waals surface area contributed by atoms with E-state index in [9.17, 15) is 27.6 Å². The highest BCUT2D eigenvalue weighted by molar-refractivity contribution is 5.92. The zero-order valence-electron chi connectivity index (χ0n) is 24.2. The van der Waals surface area contributed by atoms with Crippen molar-refractivity contribution >= 4 is 35.4 Å². The second kappa shape index (κ2) is 17.3. The molecule has 4 N–H and O–H groups in total. The van der Waals surface area contributed by atoms with Crippen LogP contribution < -0.4 is 20.9 Å². The topological polar surface area (TPSA) is 149 Å². The summed E-state index contributed by atoms with van der Waals surface area (Å²) in [5, 5.41) is 0. The quantitative estimate of drug-likeness (QED) is 0.0672. The van der Waals surface area contributed by atoms with Crippen molar-refractivity contribution < 1.29 is 51.2 Å². The van der Waals surface area contributed by atoms with Crippen LogP contribution in [0, 0.1) is 0 Å². The number of hydrogen-bond acceptors (Lipinski definition) is 10. The summed E-state index contributed by atoms with van der Waals surface area (Å²) < 4.78 is 62.7. The Labute approximate surface area is 257 Å². The van der Waals surface area contributed by atoms with Gasteiger partial charge >= 0.3 is 24.1 Å². The predicted octanol–water partition coefficient (Wildman–Crippen LogP) is 5.61. The summed E-state index contributed by atoms with van der Waals surface area (Å²) in [6, 6.07) is 16.9. The van der Waals surface area contributed by atoms with Gasteiger partial charge in [-0.2, -0.15) is 13.2 Å². The lowest BCUT2D eigenvalue weighted by Crippen LogP contribution is -2.14. The first-order valence-electron chi connectivity index (χ1n) is 13.9. The first-order chi connectivity index (χ1) is 21.5. The highest BCUT2D eigenvalue weighted by Gasteiger charge is 2.25. The maximum Gasteiger partial charge on any atom is 0.389 e. The third-order valence-corrected chi connectivity index (χ3v) is 5.86. The van der Waals surface area contributed by atoms with Crippen molar-refractivity contribution in [3.05, 3.63) is 89.5 Å². The minimum atomic E-state index is -4.18. The van der Waals surface area contributed by atoms with Crippen LogP contribution in [0.2, 0.25) is 0 Å². The molecule has 0 spiro atoms. The Kier molecular flexibility index (Phi) is 13.2. The van der Waals surface area contributed by atoms with Crippen molar-refractivity contribution in [1.82, 2.24) is 0 Å². The number of ether oxygens (including phenoxy) is 5. The average Bonchev–Trinajstić information content (AvgIpc) is 2.99. The van der Waals surface area contributed by atoms with Gasteiger partial charge in [-0.25, -0.2) is 14.4 Å². The Morgan fingerprint density at radius 3 is 1.96 bits per heavy atom. The standard InChI is InChI=1S/C32H33F3N2O8/c33-32(34,35)13-1-2-14-42-27-10-6-23(7-11-27)31(40)45-28-8-3-22(4-9-28)5-12-29(38)43-17-15-41-16-18-44-30(39)24-19-25(36)21-26(37)20-24/h3-12,19-21H,1-2,13-18,36-37H2. The average molecular weight is 631 g/mol. The molecule has 0 aliphatic rings. The number of benzene rings is 3. The molecular weight excluding hydrogens is 597 g/mol. The van der Waals surface area contributed by atoms with Gasteiger partial charge in [0.1, 0.15) is 24.7 Å². The first-order valence-corrected chi connectivity index (χ1v) is 13.9. The molecule has 3 aromatic carbocycles. The molecular formula is C32H33F3N2O8. The van der Waals surface area contributed by atoms with E-state index in [4.69, 9.17) is 35.2 Å². The van der Waals surface area contributed by atoms with Gasteiger partial charge in [-0.3, -0.25) is 0 Å². The number of nitrogen functional groups attached to an aromatic ring is 2. The predicted molar refractivity (Wildman–Crippen MR) is 160 cm³/mol. The summed E-state index contributed by atoms with van der Waals surface area (Å²) in [7, 11) is 0. The Morgan fingerprint density at radius 2 is 1.31 bits per heavy atom. The summed E-state index contributed by atoms with van der Waals surface area (Å²) in [5.41, 5.74) is 13.2. The summed E-state index contributed by atoms with van der Waals surface area (Å²) >= 11 is 0. The molecule has 0 aromatic heterocycles. The van der Waals surface area contributed by atoms with Gasteiger partial charge < -0.3 is 35.2 Å². The van der Waals surface area contributed by atoms with Crippen LogP contribution in [-0.4, -0.2) is 57.1 Å². The van der Waals surface area contributed by atoms with Gasteiger partial charge in [0.25, 0.3) is 0 Å². The summed E-state index contributed by atoms with van der Waals surface area (Å²) in [6.07, 6.45) is -2.02. The van der Waals surface area contributed by atoms with Crippen LogP contribution >= 0.6 is 0 Å². The third kappa shape index (κ3) is 13.4. The molecule has 0 fully saturated rings. The summed E-state index contributed by atoms with van der Waals surface area (Å²) in [5.74, 6) is -1.07. The number of alkyl halides is 3. The van der Waals surface area contributed by atoms with E-state index in [1.807, 2.05) is 0 Å². The van der Waals surface area contributed by atoms with Gasteiger partial charge in [0.15, 0.2) is 0 Å². The van der Waals surface area contributed by atoms with E-state index in [0.29, 0.717) is 22.7 Å². The highest BCUT2D eigenvalue weighted by Crippen LogP contribution is 2.23. The molecule has 0 aliphatic carbocycles. The van der Waals surface area contributed by atoms with E-state index >= 15 is 0 Å². The van der Waals surface area contributed by atoms with Crippen LogP contribution in [0.4, 0.5) is 24.5 Å². The molecule has 0 saturated heterocycles. The van der Waals surface area contributed by atoms with Crippen molar-refractivity contribution in [2.45, 2.75) is 25.4 Å². The molecule has 240 valence electrons. The molecule has 0 aliphatic heterocycles. The lowest BCUT2D eigenvalue weighted by molar-refractivity contribution is -0.139. The van der Waals surface area contributed by atoms with E-state index in [1.54, 1.807) is 24.3 Å². The zero-order valence-corrected chi connectivity index (χ0v) is 24.2. The molecule has 0 saturated carbocycles. The van der Waals surface area contributed by atoms with Crippen LogP contribution in [0.3, 0.4) is 0 Å². The highest BCUT2D eigenvalue weighted by atomic mass is 19.4. The molecule has 3 aromatic rings. The molecule has 0 amide bonds. The number of halogens is 3. The molecule has 13 heteroatoms. The smallest absolute Gasteiger partial charge is 0.389 e. The van der Waals surface area contributed by atoms with Crippen LogP contribution in [0.1, 0.15) is 45.5 Å². The van der Waals surface area contributed by atoms with Gasteiger partial charge in [0.05, 0.1) is 30.9 Å². The van der Waals surface area contributed by atoms with Gasteiger partial charge in [0.2, 0.25) is 0 Å². The molecule has 0 heterocycles. The normalized spacial score (nSPS) is 11.3. The minimum absolute atomic E-state index is 0.00669. The van der Waals surface area contributed by atoms with E-state index < -0.39 is 30.5 Å². The van der Waals surface area contributed by atoms with Crippen molar-refractivity contribution in [3.63, 3.8) is 0 Å². The van der Waals surface area contributed by atoms with Crippen LogP contribution in [0.15, 0.2) is 72.8 Å². The molecule has 10 nitrogen and oxygen atoms in total. The Morgan fingerprint density at radius 1 is 0.689 bits per heavy atom. The monoisotopic (exact) mass is 630 g/mol. The fourth-order valence-corrected chi connectivity index (χ4v) is 3.70. The Bertz CT molecular complexity index is 1420. The lowest BCUT2D eigenvalue weighted by Gasteiger charge is -2.09.